The van der Waals surface area contributed by atoms with Crippen molar-refractivity contribution in [3.05, 3.63) is 142 Å². The van der Waals surface area contributed by atoms with Gasteiger partial charge in [-0.3, -0.25) is 0 Å². The number of rotatable bonds is 4. The topological polar surface area (TPSA) is 0 Å². The molecule has 0 N–H and O–H groups in total. The molecule has 0 atom stereocenters. The molecule has 5 rings (SSSR count). The van der Waals surface area contributed by atoms with Crippen molar-refractivity contribution in [1.29, 1.82) is 0 Å². The molecule has 0 aliphatic carbocycles. The zero-order valence-corrected chi connectivity index (χ0v) is 27.7. The van der Waals surface area contributed by atoms with Gasteiger partial charge in [-0.1, -0.05) is 163 Å². The molecule has 41 heavy (non-hydrogen) atoms. The van der Waals surface area contributed by atoms with Crippen molar-refractivity contribution in [3.63, 3.8) is 0 Å². The molecule has 0 radical (unpaired) electrons. The van der Waals surface area contributed by atoms with Crippen molar-refractivity contribution in [2.75, 3.05) is 0 Å². The Morgan fingerprint density at radius 3 is 1.12 bits per heavy atom. The quantitative estimate of drug-likeness (QED) is 0.220. The summed E-state index contributed by atoms with van der Waals surface area (Å²) in [5.74, 6) is 0. The Hall–Kier alpha value is -3.42. The van der Waals surface area contributed by atoms with E-state index in [4.69, 9.17) is 0 Å². The first-order chi connectivity index (χ1) is 19.2. The standard InChI is InChI=1S/C40H46Si/c1-27-15-11-17-29(23-27)35-36(30-18-12-16-28(2)24-30)38(32-20-14-22-34(26-32)40(6,7)8)41(9,10)37(35)31-19-13-21-33(25-31)39(3,4)5/h11-26H,1-10H3. The molecule has 1 heterocycles. The predicted octanol–water partition coefficient (Wildman–Crippen LogP) is 11.2. The van der Waals surface area contributed by atoms with E-state index in [0.29, 0.717) is 0 Å². The van der Waals surface area contributed by atoms with Gasteiger partial charge < -0.3 is 0 Å². The van der Waals surface area contributed by atoms with Crippen LogP contribution >= 0.6 is 0 Å². The lowest BCUT2D eigenvalue weighted by Gasteiger charge is -2.29. The van der Waals surface area contributed by atoms with Crippen LogP contribution in [-0.4, -0.2) is 8.07 Å². The van der Waals surface area contributed by atoms with Gasteiger partial charge in [0.05, 0.1) is 0 Å². The summed E-state index contributed by atoms with van der Waals surface area (Å²) in [4.78, 5) is 0. The summed E-state index contributed by atoms with van der Waals surface area (Å²) in [7, 11) is -2.21. The molecule has 4 aromatic carbocycles. The maximum Gasteiger partial charge on any atom is 0.115 e. The van der Waals surface area contributed by atoms with Crippen LogP contribution in [0.2, 0.25) is 13.1 Å². The Labute approximate surface area is 249 Å². The van der Waals surface area contributed by atoms with Crippen molar-refractivity contribution in [1.82, 2.24) is 0 Å². The molecule has 1 heteroatoms. The number of hydrogen-bond donors (Lipinski definition) is 0. The van der Waals surface area contributed by atoms with Crippen LogP contribution in [0, 0.1) is 13.8 Å². The third kappa shape index (κ3) is 5.57. The summed E-state index contributed by atoms with van der Waals surface area (Å²) in [6, 6.07) is 37.1. The maximum absolute atomic E-state index is 2.57. The third-order valence-corrected chi connectivity index (χ3v) is 12.2. The summed E-state index contributed by atoms with van der Waals surface area (Å²) in [6.07, 6.45) is 0. The van der Waals surface area contributed by atoms with Crippen molar-refractivity contribution in [2.45, 2.75) is 79.3 Å². The van der Waals surface area contributed by atoms with Crippen LogP contribution in [-0.2, 0) is 10.8 Å². The molecule has 0 saturated carbocycles. The second-order valence-electron chi connectivity index (χ2n) is 14.5. The fraction of sp³-hybridized carbons (Fsp3) is 0.300. The molecule has 0 bridgehead atoms. The second-order valence-corrected chi connectivity index (χ2v) is 18.8. The molecule has 0 aromatic heterocycles. The number of allylic oxidation sites excluding steroid dienone is 2. The normalized spacial score (nSPS) is 15.6. The molecule has 0 spiro atoms. The first-order valence-corrected chi connectivity index (χ1v) is 18.0. The van der Waals surface area contributed by atoms with E-state index in [2.05, 4.69) is 166 Å². The molecule has 0 saturated heterocycles. The monoisotopic (exact) mass is 554 g/mol. The van der Waals surface area contributed by atoms with Gasteiger partial charge in [0.15, 0.2) is 0 Å². The van der Waals surface area contributed by atoms with Gasteiger partial charge in [0.2, 0.25) is 0 Å². The van der Waals surface area contributed by atoms with E-state index < -0.39 is 8.07 Å². The molecule has 4 aromatic rings. The van der Waals surface area contributed by atoms with E-state index in [-0.39, 0.29) is 10.8 Å². The molecular formula is C40H46Si. The molecule has 0 unspecified atom stereocenters. The smallest absolute Gasteiger partial charge is 0.0615 e. The van der Waals surface area contributed by atoms with E-state index in [1.165, 1.54) is 55.7 Å². The van der Waals surface area contributed by atoms with Gasteiger partial charge in [-0.25, -0.2) is 0 Å². The Morgan fingerprint density at radius 1 is 0.439 bits per heavy atom. The van der Waals surface area contributed by atoms with Crippen LogP contribution in [0.4, 0.5) is 0 Å². The maximum atomic E-state index is 2.57. The summed E-state index contributed by atoms with van der Waals surface area (Å²) >= 11 is 0. The van der Waals surface area contributed by atoms with Crippen molar-refractivity contribution in [3.8, 4) is 0 Å². The lowest BCUT2D eigenvalue weighted by atomic mass is 9.84. The number of hydrogen-bond acceptors (Lipinski definition) is 0. The van der Waals surface area contributed by atoms with E-state index in [9.17, 15) is 0 Å². The van der Waals surface area contributed by atoms with Gasteiger partial charge in [-0.2, -0.15) is 0 Å². The zero-order valence-electron chi connectivity index (χ0n) is 26.7. The lowest BCUT2D eigenvalue weighted by molar-refractivity contribution is 0.590. The van der Waals surface area contributed by atoms with Gasteiger partial charge in [0, 0.05) is 0 Å². The van der Waals surface area contributed by atoms with Gasteiger partial charge in [0.1, 0.15) is 8.07 Å². The third-order valence-electron chi connectivity index (χ3n) is 8.65. The zero-order chi connectivity index (χ0) is 29.7. The average Bonchev–Trinajstić information content (AvgIpc) is 3.15. The first-order valence-electron chi connectivity index (χ1n) is 15.0. The van der Waals surface area contributed by atoms with E-state index >= 15 is 0 Å². The minimum absolute atomic E-state index is 0.0844. The summed E-state index contributed by atoms with van der Waals surface area (Å²) in [5.41, 5.74) is 13.7. The summed E-state index contributed by atoms with van der Waals surface area (Å²) < 4.78 is 0. The predicted molar refractivity (Wildman–Crippen MR) is 184 cm³/mol. The minimum Gasteiger partial charge on any atom is -0.0615 e. The molecule has 0 fully saturated rings. The van der Waals surface area contributed by atoms with E-state index in [1.807, 2.05) is 0 Å². The highest BCUT2D eigenvalue weighted by molar-refractivity contribution is 7.13. The molecule has 0 nitrogen and oxygen atoms in total. The van der Waals surface area contributed by atoms with Crippen LogP contribution < -0.4 is 0 Å². The Bertz CT molecular complexity index is 1550. The van der Waals surface area contributed by atoms with E-state index in [0.717, 1.165) is 0 Å². The average molecular weight is 555 g/mol. The minimum atomic E-state index is -2.21. The fourth-order valence-corrected chi connectivity index (χ4v) is 10.3. The molecule has 1 aliphatic rings. The van der Waals surface area contributed by atoms with Crippen LogP contribution in [0.3, 0.4) is 0 Å². The van der Waals surface area contributed by atoms with Crippen molar-refractivity contribution < 1.29 is 0 Å². The van der Waals surface area contributed by atoms with Gasteiger partial charge >= 0.3 is 0 Å². The molecule has 1 aliphatic heterocycles. The molecule has 0 amide bonds. The summed E-state index contributed by atoms with van der Waals surface area (Å²) in [6.45, 7) is 23.5. The Kier molecular flexibility index (Phi) is 7.41. The van der Waals surface area contributed by atoms with Crippen molar-refractivity contribution >= 4 is 29.6 Å². The van der Waals surface area contributed by atoms with Crippen LogP contribution in [0.5, 0.6) is 0 Å². The molecule has 210 valence electrons. The lowest BCUT2D eigenvalue weighted by Crippen LogP contribution is -2.29. The SMILES string of the molecule is Cc1cccc(C2=C(c3cccc(C(C)(C)C)c3)[Si](C)(C)C(c3cccc(C(C)(C)C)c3)=C2c2cccc(C)c2)c1. The van der Waals surface area contributed by atoms with Gasteiger partial charge in [-0.15, -0.1) is 0 Å². The summed E-state index contributed by atoms with van der Waals surface area (Å²) in [5, 5.41) is 3.09. The van der Waals surface area contributed by atoms with Crippen LogP contribution in [0.15, 0.2) is 97.1 Å². The number of benzene rings is 4. The highest BCUT2D eigenvalue weighted by atomic mass is 28.3. The Morgan fingerprint density at radius 2 is 0.780 bits per heavy atom. The largest absolute Gasteiger partial charge is 0.115 e. The van der Waals surface area contributed by atoms with Gasteiger partial charge in [-0.05, 0) is 79.6 Å². The van der Waals surface area contributed by atoms with Gasteiger partial charge in [0.25, 0.3) is 0 Å². The second kappa shape index (κ2) is 10.4. The van der Waals surface area contributed by atoms with Crippen LogP contribution in [0.25, 0.3) is 21.5 Å². The van der Waals surface area contributed by atoms with Crippen molar-refractivity contribution in [2.24, 2.45) is 0 Å². The number of aryl methyl sites for hydroxylation is 2. The van der Waals surface area contributed by atoms with Crippen LogP contribution in [0.1, 0.15) is 86.1 Å². The highest BCUT2D eigenvalue weighted by Crippen LogP contribution is 2.56. The highest BCUT2D eigenvalue weighted by Gasteiger charge is 2.44. The van der Waals surface area contributed by atoms with E-state index in [1.54, 1.807) is 10.4 Å². The first kappa shape index (κ1) is 29.1. The fourth-order valence-electron chi connectivity index (χ4n) is 6.47. The molecular weight excluding hydrogens is 509 g/mol. The Balaban J connectivity index is 1.93.